The van der Waals surface area contributed by atoms with Crippen LogP contribution < -0.4 is 5.56 Å². The van der Waals surface area contributed by atoms with Gasteiger partial charge >= 0.3 is 5.97 Å². The number of aryl methyl sites for hydroxylation is 1. The molecule has 1 heterocycles. The molecule has 0 aromatic carbocycles. The first-order chi connectivity index (χ1) is 6.50. The van der Waals surface area contributed by atoms with E-state index in [1.165, 1.54) is 6.20 Å². The standard InChI is InChI=1S/C8H8ClNO4/c9-5-3-6(11)8(14)10(4-5)2-1-7(12)13/h3-4,11H,1-2H2,(H,12,13). The Morgan fingerprint density at radius 3 is 2.79 bits per heavy atom. The molecule has 0 aliphatic carbocycles. The van der Waals surface area contributed by atoms with Gasteiger partial charge in [-0.3, -0.25) is 9.59 Å². The highest BCUT2D eigenvalue weighted by molar-refractivity contribution is 6.30. The van der Waals surface area contributed by atoms with E-state index in [2.05, 4.69) is 0 Å². The number of carboxylic acids is 1. The molecule has 0 aliphatic rings. The molecule has 0 amide bonds. The van der Waals surface area contributed by atoms with Crippen molar-refractivity contribution in [3.05, 3.63) is 27.6 Å². The average Bonchev–Trinajstić information content (AvgIpc) is 2.08. The number of aromatic hydroxyl groups is 1. The van der Waals surface area contributed by atoms with E-state index in [0.717, 1.165) is 10.6 Å². The van der Waals surface area contributed by atoms with Crippen molar-refractivity contribution >= 4 is 17.6 Å². The lowest BCUT2D eigenvalue weighted by molar-refractivity contribution is -0.137. The molecule has 1 aromatic heterocycles. The molecule has 0 bridgehead atoms. The number of hydrogen-bond acceptors (Lipinski definition) is 3. The van der Waals surface area contributed by atoms with Crippen molar-refractivity contribution in [2.24, 2.45) is 0 Å². The molecule has 5 nitrogen and oxygen atoms in total. The number of rotatable bonds is 3. The Bertz CT molecular complexity index is 412. The second-order valence-electron chi connectivity index (χ2n) is 2.69. The van der Waals surface area contributed by atoms with E-state index in [1.807, 2.05) is 0 Å². The molecule has 0 spiro atoms. The molecule has 76 valence electrons. The van der Waals surface area contributed by atoms with Crippen LogP contribution in [0.5, 0.6) is 5.75 Å². The molecular weight excluding hydrogens is 210 g/mol. The minimum absolute atomic E-state index is 0.0116. The molecule has 1 aromatic rings. The lowest BCUT2D eigenvalue weighted by atomic mass is 10.4. The van der Waals surface area contributed by atoms with Crippen LogP contribution in [0.25, 0.3) is 0 Å². The zero-order valence-electron chi connectivity index (χ0n) is 7.11. The summed E-state index contributed by atoms with van der Waals surface area (Å²) >= 11 is 5.57. The summed E-state index contributed by atoms with van der Waals surface area (Å²) in [5.74, 6) is -1.50. The Balaban J connectivity index is 2.97. The van der Waals surface area contributed by atoms with E-state index in [9.17, 15) is 9.59 Å². The van der Waals surface area contributed by atoms with Crippen LogP contribution in [0.2, 0.25) is 5.02 Å². The Kier molecular flexibility index (Phi) is 3.14. The lowest BCUT2D eigenvalue weighted by Gasteiger charge is -2.04. The van der Waals surface area contributed by atoms with E-state index in [0.29, 0.717) is 0 Å². The van der Waals surface area contributed by atoms with Crippen molar-refractivity contribution in [1.82, 2.24) is 4.57 Å². The van der Waals surface area contributed by atoms with Crippen LogP contribution >= 0.6 is 11.6 Å². The summed E-state index contributed by atoms with van der Waals surface area (Å²) in [6, 6.07) is 1.11. The van der Waals surface area contributed by atoms with E-state index in [-0.39, 0.29) is 18.0 Å². The Morgan fingerprint density at radius 1 is 1.57 bits per heavy atom. The zero-order valence-corrected chi connectivity index (χ0v) is 7.86. The van der Waals surface area contributed by atoms with Gasteiger partial charge in [-0.2, -0.15) is 0 Å². The summed E-state index contributed by atoms with van der Waals surface area (Å²) in [5, 5.41) is 17.7. The molecule has 0 saturated heterocycles. The zero-order chi connectivity index (χ0) is 10.7. The lowest BCUT2D eigenvalue weighted by Crippen LogP contribution is -2.20. The van der Waals surface area contributed by atoms with Crippen LogP contribution in [-0.2, 0) is 11.3 Å². The predicted molar refractivity (Wildman–Crippen MR) is 49.6 cm³/mol. The Labute approximate surface area is 84.2 Å². The van der Waals surface area contributed by atoms with Crippen molar-refractivity contribution in [3.63, 3.8) is 0 Å². The minimum atomic E-state index is -1.02. The third-order valence-electron chi connectivity index (χ3n) is 1.60. The predicted octanol–water partition coefficient (Wildman–Crippen LogP) is 0.682. The first kappa shape index (κ1) is 10.6. The van der Waals surface area contributed by atoms with Crippen LogP contribution in [0.3, 0.4) is 0 Å². The molecule has 0 radical (unpaired) electrons. The normalized spacial score (nSPS) is 10.1. The fourth-order valence-electron chi connectivity index (χ4n) is 0.966. The maximum absolute atomic E-state index is 11.2. The van der Waals surface area contributed by atoms with Gasteiger partial charge < -0.3 is 14.8 Å². The summed E-state index contributed by atoms with van der Waals surface area (Å²) in [6.45, 7) is -0.0116. The van der Waals surface area contributed by atoms with Crippen LogP contribution in [0.4, 0.5) is 0 Å². The first-order valence-electron chi connectivity index (χ1n) is 3.81. The summed E-state index contributed by atoms with van der Waals surface area (Å²) in [6.07, 6.45) is 1.09. The largest absolute Gasteiger partial charge is 0.503 e. The van der Waals surface area contributed by atoms with Crippen LogP contribution in [0.15, 0.2) is 17.1 Å². The molecule has 1 rings (SSSR count). The Hall–Kier alpha value is -1.49. The monoisotopic (exact) mass is 217 g/mol. The number of carbonyl (C=O) groups is 1. The van der Waals surface area contributed by atoms with Gasteiger partial charge in [-0.25, -0.2) is 0 Å². The van der Waals surface area contributed by atoms with E-state index < -0.39 is 17.3 Å². The van der Waals surface area contributed by atoms with E-state index in [4.69, 9.17) is 21.8 Å². The molecule has 0 aliphatic heterocycles. The van der Waals surface area contributed by atoms with Crippen molar-refractivity contribution < 1.29 is 15.0 Å². The highest BCUT2D eigenvalue weighted by Gasteiger charge is 2.05. The van der Waals surface area contributed by atoms with Crippen LogP contribution in [0.1, 0.15) is 6.42 Å². The third kappa shape index (κ3) is 2.50. The van der Waals surface area contributed by atoms with E-state index in [1.54, 1.807) is 0 Å². The minimum Gasteiger partial charge on any atom is -0.503 e. The molecule has 14 heavy (non-hydrogen) atoms. The number of nitrogens with zero attached hydrogens (tertiary/aromatic N) is 1. The maximum atomic E-state index is 11.2. The number of hydrogen-bond donors (Lipinski definition) is 2. The van der Waals surface area contributed by atoms with E-state index >= 15 is 0 Å². The topological polar surface area (TPSA) is 79.5 Å². The quantitative estimate of drug-likeness (QED) is 0.781. The number of aromatic nitrogens is 1. The SMILES string of the molecule is O=C(O)CCn1cc(Cl)cc(O)c1=O. The van der Waals surface area contributed by atoms with Gasteiger partial charge in [0.15, 0.2) is 5.75 Å². The first-order valence-corrected chi connectivity index (χ1v) is 4.19. The fraction of sp³-hybridized carbons (Fsp3) is 0.250. The second-order valence-corrected chi connectivity index (χ2v) is 3.12. The van der Waals surface area contributed by atoms with Gasteiger partial charge in [-0.15, -0.1) is 0 Å². The van der Waals surface area contributed by atoms with Gasteiger partial charge in [0.25, 0.3) is 5.56 Å². The average molecular weight is 218 g/mol. The molecule has 0 unspecified atom stereocenters. The van der Waals surface area contributed by atoms with Crippen molar-refractivity contribution in [1.29, 1.82) is 0 Å². The number of halogens is 1. The van der Waals surface area contributed by atoms with Gasteiger partial charge in [-0.1, -0.05) is 11.6 Å². The van der Waals surface area contributed by atoms with Crippen molar-refractivity contribution in [3.8, 4) is 5.75 Å². The van der Waals surface area contributed by atoms with Crippen molar-refractivity contribution in [2.75, 3.05) is 0 Å². The summed E-state index contributed by atoms with van der Waals surface area (Å²) in [7, 11) is 0. The Morgan fingerprint density at radius 2 is 2.21 bits per heavy atom. The van der Waals surface area contributed by atoms with Gasteiger partial charge in [0.05, 0.1) is 11.4 Å². The molecular formula is C8H8ClNO4. The summed E-state index contributed by atoms with van der Waals surface area (Å²) in [5.41, 5.74) is -0.643. The van der Waals surface area contributed by atoms with Crippen molar-refractivity contribution in [2.45, 2.75) is 13.0 Å². The van der Waals surface area contributed by atoms with Gasteiger partial charge in [0.1, 0.15) is 0 Å². The molecule has 0 fully saturated rings. The number of pyridine rings is 1. The molecule has 2 N–H and O–H groups in total. The van der Waals surface area contributed by atoms with Crippen LogP contribution in [-0.4, -0.2) is 20.7 Å². The van der Waals surface area contributed by atoms with Gasteiger partial charge in [0, 0.05) is 18.8 Å². The number of carboxylic acid groups (broad SMARTS) is 1. The van der Waals surface area contributed by atoms with Gasteiger partial charge in [0.2, 0.25) is 0 Å². The molecule has 0 atom stereocenters. The highest BCUT2D eigenvalue weighted by atomic mass is 35.5. The van der Waals surface area contributed by atoms with Gasteiger partial charge in [-0.05, 0) is 0 Å². The molecule has 0 saturated carbocycles. The maximum Gasteiger partial charge on any atom is 0.305 e. The number of aliphatic carboxylic acids is 1. The molecule has 6 heteroatoms. The summed E-state index contributed by atoms with van der Waals surface area (Å²) < 4.78 is 1.06. The third-order valence-corrected chi connectivity index (χ3v) is 1.81. The highest BCUT2D eigenvalue weighted by Crippen LogP contribution is 2.11. The second kappa shape index (κ2) is 4.15. The fourth-order valence-corrected chi connectivity index (χ4v) is 1.19. The van der Waals surface area contributed by atoms with Crippen LogP contribution in [0, 0.1) is 0 Å². The smallest absolute Gasteiger partial charge is 0.305 e. The summed E-state index contributed by atoms with van der Waals surface area (Å²) in [4.78, 5) is 21.4.